The van der Waals surface area contributed by atoms with Crippen LogP contribution >= 0.6 is 0 Å². The van der Waals surface area contributed by atoms with Crippen LogP contribution in [0.2, 0.25) is 0 Å². The van der Waals surface area contributed by atoms with Crippen molar-refractivity contribution in [3.05, 3.63) is 59.8 Å². The van der Waals surface area contributed by atoms with Crippen LogP contribution in [-0.4, -0.2) is 98.4 Å². The van der Waals surface area contributed by atoms with E-state index in [9.17, 15) is 19.2 Å². The van der Waals surface area contributed by atoms with Gasteiger partial charge in [0.15, 0.2) is 0 Å². The van der Waals surface area contributed by atoms with Crippen molar-refractivity contribution < 1.29 is 23.9 Å². The first-order chi connectivity index (χ1) is 22.6. The summed E-state index contributed by atoms with van der Waals surface area (Å²) in [6.45, 7) is 6.71. The lowest BCUT2D eigenvalue weighted by atomic mass is 9.81. The van der Waals surface area contributed by atoms with Crippen molar-refractivity contribution in [2.45, 2.75) is 64.5 Å². The van der Waals surface area contributed by atoms with Gasteiger partial charge in [-0.1, -0.05) is 12.1 Å². The van der Waals surface area contributed by atoms with Crippen molar-refractivity contribution in [1.29, 1.82) is 0 Å². The number of esters is 1. The van der Waals surface area contributed by atoms with Gasteiger partial charge in [-0.05, 0) is 123 Å². The summed E-state index contributed by atoms with van der Waals surface area (Å²) in [5.74, 6) is -0.566. The number of aromatic nitrogens is 1. The largest absolute Gasteiger partial charge is 0.455 e. The molecule has 48 heavy (non-hydrogen) atoms. The average molecular weight is 661 g/mol. The summed E-state index contributed by atoms with van der Waals surface area (Å²) in [6, 6.07) is 13.7. The molecule has 11 heteroatoms. The van der Waals surface area contributed by atoms with Gasteiger partial charge in [0.1, 0.15) is 17.3 Å². The van der Waals surface area contributed by atoms with Crippen molar-refractivity contribution in [3.8, 4) is 0 Å². The maximum absolute atomic E-state index is 13.9. The summed E-state index contributed by atoms with van der Waals surface area (Å²) in [5, 5.41) is 6.79. The first-order valence-electron chi connectivity index (χ1n) is 16.7. The minimum absolute atomic E-state index is 0.0559. The molecule has 11 nitrogen and oxygen atoms in total. The molecular formula is C37H52N6O5. The van der Waals surface area contributed by atoms with Crippen LogP contribution in [0.1, 0.15) is 62.5 Å². The van der Waals surface area contributed by atoms with E-state index in [4.69, 9.17) is 4.74 Å². The van der Waals surface area contributed by atoms with Gasteiger partial charge in [-0.15, -0.1) is 0 Å². The molecule has 1 aliphatic carbocycles. The number of aromatic amines is 1. The fourth-order valence-corrected chi connectivity index (χ4v) is 6.15. The van der Waals surface area contributed by atoms with Crippen LogP contribution in [0.15, 0.2) is 48.5 Å². The fraction of sp³-hybridized carbons (Fsp3) is 0.514. The number of nitrogens with zero attached hydrogens (tertiary/aromatic N) is 3. The summed E-state index contributed by atoms with van der Waals surface area (Å²) >= 11 is 0. The van der Waals surface area contributed by atoms with Gasteiger partial charge < -0.3 is 35.1 Å². The standard InChI is InChI=1S/C37H52N6O5/c1-37(2,3)48-36(47)32-21-27-20-28(16-17-30(27)39-32)38-35(46)31(40-34(45)26-14-12-24(13-15-26)22-41(4)5)19-25-10-9-11-29(18-25)43(8)33(44)23-42(6)7/h9-11,16-18,20-21,24,26,31,39H,12-15,19,22-23H2,1-8H3,(H,38,46)(H,40,45). The van der Waals surface area contributed by atoms with E-state index >= 15 is 0 Å². The third kappa shape index (κ3) is 10.4. The molecule has 1 saturated carbocycles. The van der Waals surface area contributed by atoms with Crippen LogP contribution in [0.4, 0.5) is 11.4 Å². The summed E-state index contributed by atoms with van der Waals surface area (Å²) in [5.41, 5.74) is 2.48. The van der Waals surface area contributed by atoms with E-state index in [2.05, 4.69) is 34.6 Å². The fourth-order valence-electron chi connectivity index (χ4n) is 6.15. The number of hydrogen-bond acceptors (Lipinski definition) is 7. The zero-order valence-corrected chi connectivity index (χ0v) is 29.7. The van der Waals surface area contributed by atoms with Crippen molar-refractivity contribution in [2.75, 3.05) is 58.5 Å². The molecule has 260 valence electrons. The van der Waals surface area contributed by atoms with Crippen LogP contribution in [0.5, 0.6) is 0 Å². The van der Waals surface area contributed by atoms with E-state index in [-0.39, 0.29) is 36.6 Å². The molecule has 0 saturated heterocycles. The minimum Gasteiger partial charge on any atom is -0.455 e. The third-order valence-corrected chi connectivity index (χ3v) is 8.54. The molecular weight excluding hydrogens is 608 g/mol. The van der Waals surface area contributed by atoms with Gasteiger partial charge in [0.25, 0.3) is 0 Å². The van der Waals surface area contributed by atoms with Crippen LogP contribution in [-0.2, 0) is 25.5 Å². The lowest BCUT2D eigenvalue weighted by molar-refractivity contribution is -0.130. The van der Waals surface area contributed by atoms with Gasteiger partial charge in [0.2, 0.25) is 17.7 Å². The topological polar surface area (TPSA) is 127 Å². The number of H-pyrrole nitrogens is 1. The van der Waals surface area contributed by atoms with Gasteiger partial charge in [-0.25, -0.2) is 4.79 Å². The number of hydrogen-bond donors (Lipinski definition) is 3. The first-order valence-corrected chi connectivity index (χ1v) is 16.7. The maximum atomic E-state index is 13.9. The number of ether oxygens (including phenoxy) is 1. The van der Waals surface area contributed by atoms with Crippen molar-refractivity contribution in [3.63, 3.8) is 0 Å². The molecule has 3 aromatic rings. The molecule has 0 radical (unpaired) electrons. The number of carbonyl (C=O) groups excluding carboxylic acids is 4. The Balaban J connectivity index is 1.53. The summed E-state index contributed by atoms with van der Waals surface area (Å²) in [6.07, 6.45) is 3.77. The van der Waals surface area contributed by atoms with Crippen LogP contribution in [0.25, 0.3) is 10.9 Å². The molecule has 1 unspecified atom stereocenters. The molecule has 1 aliphatic rings. The Bertz CT molecular complexity index is 1600. The van der Waals surface area contributed by atoms with Gasteiger partial charge in [-0.3, -0.25) is 14.4 Å². The second-order valence-corrected chi connectivity index (χ2v) is 14.6. The molecule has 1 atom stereocenters. The Kier molecular flexibility index (Phi) is 12.0. The average Bonchev–Trinajstić information content (AvgIpc) is 3.43. The molecule has 2 aromatic carbocycles. The summed E-state index contributed by atoms with van der Waals surface area (Å²) < 4.78 is 5.49. The van der Waals surface area contributed by atoms with E-state index in [1.807, 2.05) is 64.0 Å². The molecule has 0 bridgehead atoms. The first kappa shape index (κ1) is 36.6. The quantitative estimate of drug-likeness (QED) is 0.241. The predicted octanol–water partition coefficient (Wildman–Crippen LogP) is 4.68. The van der Waals surface area contributed by atoms with Crippen LogP contribution < -0.4 is 15.5 Å². The Morgan fingerprint density at radius 3 is 2.27 bits per heavy atom. The number of amides is 3. The highest BCUT2D eigenvalue weighted by Crippen LogP contribution is 2.30. The van der Waals surface area contributed by atoms with Gasteiger partial charge >= 0.3 is 5.97 Å². The highest BCUT2D eigenvalue weighted by Gasteiger charge is 2.30. The van der Waals surface area contributed by atoms with Gasteiger partial charge in [0.05, 0.1) is 6.54 Å². The number of likely N-dealkylation sites (N-methyl/N-ethyl adjacent to an activating group) is 2. The third-order valence-electron chi connectivity index (χ3n) is 8.54. The highest BCUT2D eigenvalue weighted by atomic mass is 16.6. The molecule has 3 amide bonds. The predicted molar refractivity (Wildman–Crippen MR) is 190 cm³/mol. The zero-order valence-electron chi connectivity index (χ0n) is 29.7. The number of anilines is 2. The Morgan fingerprint density at radius 1 is 0.917 bits per heavy atom. The van der Waals surface area contributed by atoms with E-state index < -0.39 is 17.6 Å². The Morgan fingerprint density at radius 2 is 1.62 bits per heavy atom. The van der Waals surface area contributed by atoms with Gasteiger partial charge in [-0.2, -0.15) is 0 Å². The van der Waals surface area contributed by atoms with E-state index in [0.29, 0.717) is 23.0 Å². The lowest BCUT2D eigenvalue weighted by Gasteiger charge is -2.30. The number of fused-ring (bicyclic) bond motifs is 1. The summed E-state index contributed by atoms with van der Waals surface area (Å²) in [7, 11) is 9.56. The van der Waals surface area contributed by atoms with E-state index in [1.54, 1.807) is 36.2 Å². The monoisotopic (exact) mass is 660 g/mol. The van der Waals surface area contributed by atoms with Crippen molar-refractivity contribution >= 4 is 46.0 Å². The summed E-state index contributed by atoms with van der Waals surface area (Å²) in [4.78, 5) is 61.5. The lowest BCUT2D eigenvalue weighted by Crippen LogP contribution is -2.48. The molecule has 0 spiro atoms. The normalized spacial score (nSPS) is 17.3. The number of benzene rings is 2. The number of rotatable bonds is 12. The Hall–Kier alpha value is -4.22. The molecule has 1 fully saturated rings. The number of nitrogens with one attached hydrogen (secondary N) is 3. The molecule has 1 heterocycles. The maximum Gasteiger partial charge on any atom is 0.355 e. The smallest absolute Gasteiger partial charge is 0.355 e. The van der Waals surface area contributed by atoms with Crippen LogP contribution in [0, 0.1) is 11.8 Å². The van der Waals surface area contributed by atoms with Crippen LogP contribution in [0.3, 0.4) is 0 Å². The zero-order chi connectivity index (χ0) is 35.2. The molecule has 4 rings (SSSR count). The van der Waals surface area contributed by atoms with Crippen molar-refractivity contribution in [1.82, 2.24) is 20.1 Å². The minimum atomic E-state index is -0.853. The second-order valence-electron chi connectivity index (χ2n) is 14.6. The highest BCUT2D eigenvalue weighted by molar-refractivity contribution is 6.01. The molecule has 1 aromatic heterocycles. The SMILES string of the molecule is CN(C)CC(=O)N(C)c1cccc(CC(NC(=O)C2CCC(CN(C)C)CC2)C(=O)Nc2ccc3[nH]c(C(=O)OC(C)(C)C)cc3c2)c1. The van der Waals surface area contributed by atoms with E-state index in [1.165, 1.54) is 0 Å². The Labute approximate surface area is 284 Å². The van der Waals surface area contributed by atoms with Crippen molar-refractivity contribution in [2.24, 2.45) is 11.8 Å². The van der Waals surface area contributed by atoms with Gasteiger partial charge in [0, 0.05) is 48.2 Å². The van der Waals surface area contributed by atoms with E-state index in [0.717, 1.165) is 48.7 Å². The molecule has 3 N–H and O–H groups in total. The molecule has 0 aliphatic heterocycles. The number of carbonyl (C=O) groups is 4. The second kappa shape index (κ2) is 15.8.